The van der Waals surface area contributed by atoms with Gasteiger partial charge < -0.3 is 19.7 Å². The summed E-state index contributed by atoms with van der Waals surface area (Å²) in [5, 5.41) is 2.94. The Hall–Kier alpha value is -2.58. The molecular formula is C22H25BrN4O3. The van der Waals surface area contributed by atoms with E-state index in [2.05, 4.69) is 43.3 Å². The molecule has 158 valence electrons. The van der Waals surface area contributed by atoms with Gasteiger partial charge >= 0.3 is 0 Å². The van der Waals surface area contributed by atoms with E-state index in [0.717, 1.165) is 47.9 Å². The predicted molar refractivity (Wildman–Crippen MR) is 120 cm³/mol. The van der Waals surface area contributed by atoms with Gasteiger partial charge in [-0.1, -0.05) is 6.92 Å². The number of halogens is 1. The maximum absolute atomic E-state index is 12.8. The van der Waals surface area contributed by atoms with Crippen molar-refractivity contribution in [3.8, 4) is 5.75 Å². The number of hydrogen-bond donors (Lipinski definition) is 1. The molecule has 0 radical (unpaired) electrons. The van der Waals surface area contributed by atoms with E-state index < -0.39 is 0 Å². The van der Waals surface area contributed by atoms with E-state index in [1.165, 1.54) is 5.69 Å². The van der Waals surface area contributed by atoms with Crippen LogP contribution in [0, 0.1) is 0 Å². The van der Waals surface area contributed by atoms with Gasteiger partial charge in [-0.2, -0.15) is 0 Å². The molecule has 30 heavy (non-hydrogen) atoms. The number of rotatable bonds is 7. The molecule has 7 nitrogen and oxygen atoms in total. The lowest BCUT2D eigenvalue weighted by Gasteiger charge is -2.28. The molecule has 1 aromatic carbocycles. The van der Waals surface area contributed by atoms with E-state index in [-0.39, 0.29) is 5.91 Å². The van der Waals surface area contributed by atoms with Crippen molar-refractivity contribution in [1.82, 2.24) is 14.7 Å². The van der Waals surface area contributed by atoms with Crippen LogP contribution in [0.25, 0.3) is 5.65 Å². The van der Waals surface area contributed by atoms with Crippen molar-refractivity contribution in [3.63, 3.8) is 0 Å². The smallest absolute Gasteiger partial charge is 0.270 e. The molecule has 8 heteroatoms. The van der Waals surface area contributed by atoms with Crippen molar-refractivity contribution < 1.29 is 14.3 Å². The third-order valence-corrected chi connectivity index (χ3v) is 5.54. The Bertz CT molecular complexity index is 1010. The molecule has 0 bridgehead atoms. The highest BCUT2D eigenvalue weighted by molar-refractivity contribution is 9.10. The molecule has 1 aliphatic rings. The molecule has 0 atom stereocenters. The summed E-state index contributed by atoms with van der Waals surface area (Å²) in [7, 11) is 0. The number of fused-ring (bicyclic) bond motifs is 1. The fourth-order valence-corrected chi connectivity index (χ4v) is 3.88. The SMILES string of the molecule is CCc1nc2ccc(Br)cn2c1C(=O)NCCOc1ccc(N2CCOCC2)cc1. The molecule has 1 amide bonds. The molecule has 4 rings (SSSR count). The van der Waals surface area contributed by atoms with Crippen LogP contribution in [0.5, 0.6) is 5.75 Å². The molecule has 3 heterocycles. The van der Waals surface area contributed by atoms with E-state index in [1.54, 1.807) is 0 Å². The highest BCUT2D eigenvalue weighted by Crippen LogP contribution is 2.20. The lowest BCUT2D eigenvalue weighted by molar-refractivity contribution is 0.0940. The van der Waals surface area contributed by atoms with Crippen LogP contribution < -0.4 is 15.0 Å². The number of anilines is 1. The Kier molecular flexibility index (Phi) is 6.54. The topological polar surface area (TPSA) is 68.1 Å². The number of amides is 1. The van der Waals surface area contributed by atoms with Crippen LogP contribution in [-0.4, -0.2) is 54.7 Å². The molecule has 1 saturated heterocycles. The zero-order valence-corrected chi connectivity index (χ0v) is 18.5. The normalized spacial score (nSPS) is 14.1. The van der Waals surface area contributed by atoms with Gasteiger partial charge in [0.1, 0.15) is 23.7 Å². The molecule has 2 aromatic heterocycles. The van der Waals surface area contributed by atoms with Crippen molar-refractivity contribution in [1.29, 1.82) is 0 Å². The van der Waals surface area contributed by atoms with Crippen LogP contribution in [0.2, 0.25) is 0 Å². The summed E-state index contributed by atoms with van der Waals surface area (Å²) in [5.74, 6) is 0.637. The summed E-state index contributed by atoms with van der Waals surface area (Å²) < 4.78 is 13.9. The Morgan fingerprint density at radius 3 is 2.70 bits per heavy atom. The van der Waals surface area contributed by atoms with Crippen molar-refractivity contribution in [3.05, 3.63) is 58.5 Å². The number of nitrogens with one attached hydrogen (secondary N) is 1. The number of imidazole rings is 1. The first-order chi connectivity index (χ1) is 14.7. The minimum absolute atomic E-state index is 0.149. The van der Waals surface area contributed by atoms with Crippen molar-refractivity contribution >= 4 is 33.2 Å². The van der Waals surface area contributed by atoms with Crippen molar-refractivity contribution in [2.24, 2.45) is 0 Å². The summed E-state index contributed by atoms with van der Waals surface area (Å²) in [5.41, 5.74) is 3.29. The standard InChI is InChI=1S/C22H25BrN4O3/c1-2-19-21(27-15-16(23)3-8-20(27)25-19)22(28)24-9-12-30-18-6-4-17(5-7-18)26-10-13-29-14-11-26/h3-8,15H,2,9-14H2,1H3,(H,24,28). The lowest BCUT2D eigenvalue weighted by atomic mass is 10.2. The molecule has 3 aromatic rings. The number of ether oxygens (including phenoxy) is 2. The van der Waals surface area contributed by atoms with Gasteiger partial charge in [0, 0.05) is 29.4 Å². The number of carbonyl (C=O) groups excluding carboxylic acids is 1. The summed E-state index contributed by atoms with van der Waals surface area (Å²) >= 11 is 3.46. The van der Waals surface area contributed by atoms with Gasteiger partial charge in [-0.05, 0) is 58.7 Å². The number of aromatic nitrogens is 2. The first-order valence-corrected chi connectivity index (χ1v) is 10.9. The fraction of sp³-hybridized carbons (Fsp3) is 0.364. The third kappa shape index (κ3) is 4.60. The molecule has 0 saturated carbocycles. The van der Waals surface area contributed by atoms with Gasteiger partial charge in [0.25, 0.3) is 5.91 Å². The van der Waals surface area contributed by atoms with Crippen molar-refractivity contribution in [2.75, 3.05) is 44.4 Å². The number of aryl methyl sites for hydroxylation is 1. The maximum Gasteiger partial charge on any atom is 0.270 e. The van der Waals surface area contributed by atoms with Gasteiger partial charge in [0.15, 0.2) is 0 Å². The fourth-order valence-electron chi connectivity index (χ4n) is 3.55. The van der Waals surface area contributed by atoms with Gasteiger partial charge in [-0.25, -0.2) is 4.98 Å². The number of carbonyl (C=O) groups is 1. The number of morpholine rings is 1. The van der Waals surface area contributed by atoms with E-state index in [4.69, 9.17) is 9.47 Å². The third-order valence-electron chi connectivity index (χ3n) is 5.07. The van der Waals surface area contributed by atoms with E-state index in [1.807, 2.05) is 41.8 Å². The molecule has 1 N–H and O–H groups in total. The largest absolute Gasteiger partial charge is 0.492 e. The zero-order valence-electron chi connectivity index (χ0n) is 16.9. The Morgan fingerprint density at radius 2 is 1.97 bits per heavy atom. The Labute approximate surface area is 184 Å². The van der Waals surface area contributed by atoms with Crippen LogP contribution in [0.3, 0.4) is 0 Å². The first kappa shape index (κ1) is 20.7. The van der Waals surface area contributed by atoms with Crippen LogP contribution in [0.1, 0.15) is 23.1 Å². The Balaban J connectivity index is 1.32. The second-order valence-electron chi connectivity index (χ2n) is 7.03. The predicted octanol–water partition coefficient (Wildman–Crippen LogP) is 3.30. The van der Waals surface area contributed by atoms with Crippen LogP contribution in [-0.2, 0) is 11.2 Å². The summed E-state index contributed by atoms with van der Waals surface area (Å²) in [6.45, 7) is 6.15. The van der Waals surface area contributed by atoms with Crippen LogP contribution in [0.15, 0.2) is 47.1 Å². The minimum Gasteiger partial charge on any atom is -0.492 e. The summed E-state index contributed by atoms with van der Waals surface area (Å²) in [4.78, 5) is 19.6. The Morgan fingerprint density at radius 1 is 1.20 bits per heavy atom. The minimum atomic E-state index is -0.149. The van der Waals surface area contributed by atoms with Gasteiger partial charge in [-0.3, -0.25) is 9.20 Å². The second kappa shape index (κ2) is 9.49. The van der Waals surface area contributed by atoms with Crippen LogP contribution in [0.4, 0.5) is 5.69 Å². The van der Waals surface area contributed by atoms with E-state index >= 15 is 0 Å². The lowest BCUT2D eigenvalue weighted by Crippen LogP contribution is -2.36. The number of hydrogen-bond acceptors (Lipinski definition) is 5. The second-order valence-corrected chi connectivity index (χ2v) is 7.95. The van der Waals surface area contributed by atoms with E-state index in [9.17, 15) is 4.79 Å². The van der Waals surface area contributed by atoms with Gasteiger partial charge in [0.05, 0.1) is 25.5 Å². The summed E-state index contributed by atoms with van der Waals surface area (Å²) in [6.07, 6.45) is 2.55. The van der Waals surface area contributed by atoms with E-state index in [0.29, 0.717) is 25.3 Å². The number of nitrogens with zero attached hydrogens (tertiary/aromatic N) is 3. The highest BCUT2D eigenvalue weighted by atomic mass is 79.9. The van der Waals surface area contributed by atoms with Crippen molar-refractivity contribution in [2.45, 2.75) is 13.3 Å². The molecular weight excluding hydrogens is 448 g/mol. The molecule has 0 aliphatic carbocycles. The quantitative estimate of drug-likeness (QED) is 0.534. The average Bonchev–Trinajstić information content (AvgIpc) is 3.15. The molecule has 0 unspecified atom stereocenters. The van der Waals surface area contributed by atoms with Gasteiger partial charge in [0.2, 0.25) is 0 Å². The summed E-state index contributed by atoms with van der Waals surface area (Å²) in [6, 6.07) is 11.9. The molecule has 1 fully saturated rings. The molecule has 0 spiro atoms. The first-order valence-electron chi connectivity index (χ1n) is 10.2. The monoisotopic (exact) mass is 472 g/mol. The average molecular weight is 473 g/mol. The van der Waals surface area contributed by atoms with Gasteiger partial charge in [-0.15, -0.1) is 0 Å². The highest BCUT2D eigenvalue weighted by Gasteiger charge is 2.18. The van der Waals surface area contributed by atoms with Crippen LogP contribution >= 0.6 is 15.9 Å². The molecule has 1 aliphatic heterocycles. The zero-order chi connectivity index (χ0) is 20.9. The maximum atomic E-state index is 12.8. The number of benzene rings is 1. The number of pyridine rings is 1.